The van der Waals surface area contributed by atoms with Crippen LogP contribution in [0, 0.1) is 0 Å². The number of ether oxygens (including phenoxy) is 1. The highest BCUT2D eigenvalue weighted by molar-refractivity contribution is 5.94. The summed E-state index contributed by atoms with van der Waals surface area (Å²) in [5.74, 6) is 2.05. The maximum absolute atomic E-state index is 13.0. The van der Waals surface area contributed by atoms with E-state index in [-0.39, 0.29) is 11.9 Å². The number of hydrogen-bond donors (Lipinski definition) is 1. The number of carbonyl (C=O) groups excluding carboxylic acids is 1. The van der Waals surface area contributed by atoms with Gasteiger partial charge in [-0.1, -0.05) is 6.07 Å². The molecule has 0 radical (unpaired) electrons. The average molecular weight is 396 g/mol. The van der Waals surface area contributed by atoms with Gasteiger partial charge < -0.3 is 15.4 Å². The molecule has 1 atom stereocenters. The van der Waals surface area contributed by atoms with Crippen molar-refractivity contribution in [2.45, 2.75) is 50.8 Å². The lowest BCUT2D eigenvalue weighted by atomic mass is 10.2. The highest BCUT2D eigenvalue weighted by atomic mass is 16.5. The fourth-order valence-electron chi connectivity index (χ4n) is 4.21. The Balaban J connectivity index is 1.35. The SMILES string of the molecule is CN(Cc1nccc(N)n1)C1CCN(C(=O)c2cccc(OC3CCCC3)c2)C1. The average Bonchev–Trinajstić information content (AvgIpc) is 3.40. The van der Waals surface area contributed by atoms with Gasteiger partial charge in [-0.2, -0.15) is 0 Å². The van der Waals surface area contributed by atoms with E-state index in [0.29, 0.717) is 36.4 Å². The van der Waals surface area contributed by atoms with Crippen molar-refractivity contribution in [3.05, 3.63) is 47.9 Å². The molecule has 1 unspecified atom stereocenters. The monoisotopic (exact) mass is 395 g/mol. The molecular formula is C22H29N5O2. The van der Waals surface area contributed by atoms with E-state index in [4.69, 9.17) is 10.5 Å². The van der Waals surface area contributed by atoms with Gasteiger partial charge in [-0.05, 0) is 63.4 Å². The molecule has 2 heterocycles. The van der Waals surface area contributed by atoms with Crippen LogP contribution in [0.4, 0.5) is 5.82 Å². The summed E-state index contributed by atoms with van der Waals surface area (Å²) in [6.07, 6.45) is 7.57. The third kappa shape index (κ3) is 4.85. The molecule has 1 aliphatic heterocycles. The van der Waals surface area contributed by atoms with Crippen LogP contribution in [0.2, 0.25) is 0 Å². The predicted octanol–water partition coefficient (Wildman–Crippen LogP) is 2.73. The third-order valence-electron chi connectivity index (χ3n) is 5.88. The van der Waals surface area contributed by atoms with E-state index < -0.39 is 0 Å². The molecule has 154 valence electrons. The van der Waals surface area contributed by atoms with Crippen LogP contribution in [-0.2, 0) is 6.54 Å². The van der Waals surface area contributed by atoms with Gasteiger partial charge in [0.15, 0.2) is 0 Å². The highest BCUT2D eigenvalue weighted by Crippen LogP contribution is 2.25. The number of rotatable bonds is 6. The topological polar surface area (TPSA) is 84.6 Å². The fraction of sp³-hybridized carbons (Fsp3) is 0.500. The second kappa shape index (κ2) is 8.78. The summed E-state index contributed by atoms with van der Waals surface area (Å²) in [4.78, 5) is 25.7. The second-order valence-electron chi connectivity index (χ2n) is 8.06. The first-order valence-electron chi connectivity index (χ1n) is 10.4. The molecule has 1 saturated carbocycles. The molecule has 0 spiro atoms. The molecule has 2 aromatic rings. The van der Waals surface area contributed by atoms with Gasteiger partial charge in [-0.15, -0.1) is 0 Å². The second-order valence-corrected chi connectivity index (χ2v) is 8.06. The number of likely N-dealkylation sites (tertiary alicyclic amines) is 1. The first kappa shape index (κ1) is 19.6. The lowest BCUT2D eigenvalue weighted by Gasteiger charge is -2.24. The minimum absolute atomic E-state index is 0.0676. The van der Waals surface area contributed by atoms with Crippen molar-refractivity contribution >= 4 is 11.7 Å². The number of amides is 1. The third-order valence-corrected chi connectivity index (χ3v) is 5.88. The number of nitrogens with two attached hydrogens (primary N) is 1. The first-order chi connectivity index (χ1) is 14.1. The molecule has 1 amide bonds. The van der Waals surface area contributed by atoms with E-state index >= 15 is 0 Å². The Hall–Kier alpha value is -2.67. The molecule has 7 nitrogen and oxygen atoms in total. The standard InChI is InChI=1S/C22H29N5O2/c1-26(15-21-24-11-9-20(23)25-21)17-10-12-27(14-17)22(28)16-5-4-8-19(13-16)29-18-6-2-3-7-18/h4-5,8-9,11,13,17-18H,2-3,6-7,10,12,14-15H2,1H3,(H2,23,24,25). The zero-order valence-electron chi connectivity index (χ0n) is 17.0. The van der Waals surface area contributed by atoms with Gasteiger partial charge in [0.05, 0.1) is 12.6 Å². The summed E-state index contributed by atoms with van der Waals surface area (Å²) in [5.41, 5.74) is 6.44. The summed E-state index contributed by atoms with van der Waals surface area (Å²) >= 11 is 0. The van der Waals surface area contributed by atoms with Crippen LogP contribution in [0.25, 0.3) is 0 Å². The van der Waals surface area contributed by atoms with Crippen molar-refractivity contribution in [2.75, 3.05) is 25.9 Å². The Morgan fingerprint density at radius 1 is 1.28 bits per heavy atom. The molecule has 2 aliphatic rings. The number of nitrogens with zero attached hydrogens (tertiary/aromatic N) is 4. The molecule has 2 fully saturated rings. The Morgan fingerprint density at radius 3 is 2.90 bits per heavy atom. The van der Waals surface area contributed by atoms with Crippen molar-refractivity contribution in [2.24, 2.45) is 0 Å². The maximum Gasteiger partial charge on any atom is 0.254 e. The normalized spacial score (nSPS) is 19.8. The maximum atomic E-state index is 13.0. The van der Waals surface area contributed by atoms with Crippen LogP contribution in [-0.4, -0.2) is 58.0 Å². The number of nitrogen functional groups attached to an aromatic ring is 1. The predicted molar refractivity (Wildman–Crippen MR) is 112 cm³/mol. The van der Waals surface area contributed by atoms with Crippen LogP contribution in [0.15, 0.2) is 36.5 Å². The van der Waals surface area contributed by atoms with Crippen LogP contribution in [0.3, 0.4) is 0 Å². The number of aromatic nitrogens is 2. The quantitative estimate of drug-likeness (QED) is 0.810. The highest BCUT2D eigenvalue weighted by Gasteiger charge is 2.30. The molecule has 1 aliphatic carbocycles. The smallest absolute Gasteiger partial charge is 0.254 e. The van der Waals surface area contributed by atoms with Crippen molar-refractivity contribution in [1.29, 1.82) is 0 Å². The van der Waals surface area contributed by atoms with Gasteiger partial charge in [0.25, 0.3) is 5.91 Å². The molecule has 1 saturated heterocycles. The molecule has 2 N–H and O–H groups in total. The zero-order chi connectivity index (χ0) is 20.2. The Labute approximate surface area is 171 Å². The summed E-state index contributed by atoms with van der Waals surface area (Å²) in [6, 6.07) is 9.58. The van der Waals surface area contributed by atoms with Crippen LogP contribution in [0.5, 0.6) is 5.75 Å². The number of carbonyl (C=O) groups is 1. The lowest BCUT2D eigenvalue weighted by Crippen LogP contribution is -2.36. The van der Waals surface area contributed by atoms with Crippen LogP contribution in [0.1, 0.15) is 48.3 Å². The molecule has 29 heavy (non-hydrogen) atoms. The van der Waals surface area contributed by atoms with E-state index in [0.717, 1.165) is 31.6 Å². The Kier molecular flexibility index (Phi) is 5.94. The lowest BCUT2D eigenvalue weighted by molar-refractivity contribution is 0.0778. The molecular weight excluding hydrogens is 366 g/mol. The Bertz CT molecular complexity index is 853. The van der Waals surface area contributed by atoms with E-state index in [1.165, 1.54) is 12.8 Å². The van der Waals surface area contributed by atoms with Crippen LogP contribution >= 0.6 is 0 Å². The molecule has 1 aromatic heterocycles. The number of hydrogen-bond acceptors (Lipinski definition) is 6. The number of anilines is 1. The minimum Gasteiger partial charge on any atom is -0.490 e. The summed E-state index contributed by atoms with van der Waals surface area (Å²) in [7, 11) is 2.04. The largest absolute Gasteiger partial charge is 0.490 e. The first-order valence-corrected chi connectivity index (χ1v) is 10.4. The van der Waals surface area contributed by atoms with Gasteiger partial charge in [0.1, 0.15) is 17.4 Å². The fourth-order valence-corrected chi connectivity index (χ4v) is 4.21. The summed E-state index contributed by atoms with van der Waals surface area (Å²) < 4.78 is 6.06. The van der Waals surface area contributed by atoms with Gasteiger partial charge in [-0.3, -0.25) is 9.69 Å². The minimum atomic E-state index is 0.0676. The van der Waals surface area contributed by atoms with E-state index in [1.807, 2.05) is 36.2 Å². The van der Waals surface area contributed by atoms with Gasteiger partial charge in [-0.25, -0.2) is 9.97 Å². The molecule has 4 rings (SSSR count). The van der Waals surface area contributed by atoms with Gasteiger partial charge >= 0.3 is 0 Å². The van der Waals surface area contributed by atoms with Crippen molar-refractivity contribution in [3.8, 4) is 5.75 Å². The molecule has 1 aromatic carbocycles. The van der Waals surface area contributed by atoms with Crippen molar-refractivity contribution < 1.29 is 9.53 Å². The van der Waals surface area contributed by atoms with Crippen molar-refractivity contribution in [3.63, 3.8) is 0 Å². The summed E-state index contributed by atoms with van der Waals surface area (Å²) in [5, 5.41) is 0. The van der Waals surface area contributed by atoms with Gasteiger partial charge in [0.2, 0.25) is 0 Å². The molecule has 7 heteroatoms. The van der Waals surface area contributed by atoms with Gasteiger partial charge in [0, 0.05) is 30.9 Å². The van der Waals surface area contributed by atoms with E-state index in [9.17, 15) is 4.79 Å². The summed E-state index contributed by atoms with van der Waals surface area (Å²) in [6.45, 7) is 2.06. The Morgan fingerprint density at radius 2 is 2.10 bits per heavy atom. The van der Waals surface area contributed by atoms with Crippen LogP contribution < -0.4 is 10.5 Å². The van der Waals surface area contributed by atoms with Crippen molar-refractivity contribution in [1.82, 2.24) is 19.8 Å². The van der Waals surface area contributed by atoms with E-state index in [1.54, 1.807) is 12.3 Å². The molecule has 0 bridgehead atoms. The number of benzene rings is 1. The number of likely N-dealkylation sites (N-methyl/N-ethyl adjacent to an activating group) is 1. The van der Waals surface area contributed by atoms with E-state index in [2.05, 4.69) is 14.9 Å². The zero-order valence-corrected chi connectivity index (χ0v) is 17.0.